The van der Waals surface area contributed by atoms with E-state index < -0.39 is 72.0 Å². The number of nitrogens with two attached hydrogens (primary N) is 1. The highest BCUT2D eigenvalue weighted by Crippen LogP contribution is 2.47. The van der Waals surface area contributed by atoms with Gasteiger partial charge in [0.05, 0.1) is 5.54 Å². The number of alkyl carbamates (subject to hydrolysis) is 1. The zero-order valence-electron chi connectivity index (χ0n) is 17.4. The highest BCUT2D eigenvalue weighted by Gasteiger charge is 2.62. The number of carbonyl (C=O) groups excluding carboxylic acids is 3. The Hall–Kier alpha value is -2.04. The van der Waals surface area contributed by atoms with Gasteiger partial charge >= 0.3 is 6.09 Å². The van der Waals surface area contributed by atoms with Crippen LogP contribution in [-0.4, -0.2) is 57.9 Å². The second kappa shape index (κ2) is 8.24. The van der Waals surface area contributed by atoms with Crippen LogP contribution in [0.4, 0.5) is 18.0 Å². The van der Waals surface area contributed by atoms with Gasteiger partial charge in [-0.2, -0.15) is 0 Å². The van der Waals surface area contributed by atoms with Gasteiger partial charge in [-0.05, 0) is 33.6 Å². The van der Waals surface area contributed by atoms with Crippen LogP contribution in [0.15, 0.2) is 0 Å². The summed E-state index contributed by atoms with van der Waals surface area (Å²) in [4.78, 5) is 36.4. The molecular weight excluding hydrogens is 407 g/mol. The number of alkyl halides is 3. The fraction of sp³-hybridized carbons (Fsp3) is 0.842. The number of carbonyl (C=O) groups is 3. The number of rotatable bonds is 7. The first-order chi connectivity index (χ1) is 13.6. The molecule has 3 amide bonds. The van der Waals surface area contributed by atoms with Crippen molar-refractivity contribution in [3.05, 3.63) is 0 Å². The molecule has 11 heteroatoms. The monoisotopic (exact) mass is 437 g/mol. The maximum atomic E-state index is 15.0. The van der Waals surface area contributed by atoms with E-state index in [0.29, 0.717) is 12.8 Å². The zero-order valence-corrected chi connectivity index (χ0v) is 17.4. The summed E-state index contributed by atoms with van der Waals surface area (Å²) in [6, 6.07) is -1.45. The maximum absolute atomic E-state index is 15.0. The molecule has 0 unspecified atom stereocenters. The molecule has 2 atom stereocenters. The summed E-state index contributed by atoms with van der Waals surface area (Å²) >= 11 is 0. The summed E-state index contributed by atoms with van der Waals surface area (Å²) in [6.07, 6.45) is -3.81. The quantitative estimate of drug-likeness (QED) is 0.481. The number of aliphatic hydroxyl groups excluding tert-OH is 1. The maximum Gasteiger partial charge on any atom is 0.408 e. The molecule has 30 heavy (non-hydrogen) atoms. The van der Waals surface area contributed by atoms with Crippen LogP contribution in [0.1, 0.15) is 65.7 Å². The minimum absolute atomic E-state index is 0.194. The van der Waals surface area contributed by atoms with Crippen molar-refractivity contribution in [2.24, 2.45) is 5.73 Å². The number of hydrogen-bond acceptors (Lipinski definition) is 5. The van der Waals surface area contributed by atoms with Gasteiger partial charge < -0.3 is 26.2 Å². The standard InChI is InChI=1S/C19H30F3N3O5/c1-16(2,3)30-15(29)24-11(8-17(20)6-4-5-7-17)14(28)25-18(12(26)13(23)27)9-19(21,22)10-18/h11-12,26H,4-10H2,1-3H3,(H2,23,27)(H,24,29)(H,25,28)/t11-,12-/m0/s1. The number of ether oxygens (including phenoxy) is 1. The van der Waals surface area contributed by atoms with Gasteiger partial charge in [0.1, 0.15) is 17.3 Å². The predicted molar refractivity (Wildman–Crippen MR) is 100 cm³/mol. The minimum atomic E-state index is -3.20. The lowest BCUT2D eigenvalue weighted by molar-refractivity contribution is -0.178. The summed E-state index contributed by atoms with van der Waals surface area (Å²) in [5.74, 6) is -5.48. The Morgan fingerprint density at radius 3 is 2.10 bits per heavy atom. The molecule has 2 saturated carbocycles. The number of aliphatic hydroxyl groups is 1. The lowest BCUT2D eigenvalue weighted by Crippen LogP contribution is -2.72. The molecule has 0 aromatic carbocycles. The Balaban J connectivity index is 2.19. The summed E-state index contributed by atoms with van der Waals surface area (Å²) in [7, 11) is 0. The second-order valence-electron chi connectivity index (χ2n) is 9.42. The van der Waals surface area contributed by atoms with Crippen LogP contribution in [-0.2, 0) is 14.3 Å². The van der Waals surface area contributed by atoms with Crippen LogP contribution >= 0.6 is 0 Å². The third-order valence-electron chi connectivity index (χ3n) is 5.39. The van der Waals surface area contributed by atoms with Crippen molar-refractivity contribution in [3.63, 3.8) is 0 Å². The molecule has 2 fully saturated rings. The molecule has 0 aliphatic heterocycles. The second-order valence-corrected chi connectivity index (χ2v) is 9.42. The average molecular weight is 437 g/mol. The van der Waals surface area contributed by atoms with Crippen LogP contribution in [0.2, 0.25) is 0 Å². The van der Waals surface area contributed by atoms with Gasteiger partial charge in [0.25, 0.3) is 5.92 Å². The molecule has 0 heterocycles. The first kappa shape index (κ1) is 24.2. The van der Waals surface area contributed by atoms with Gasteiger partial charge in [0.2, 0.25) is 11.8 Å². The topological polar surface area (TPSA) is 131 Å². The molecule has 0 aromatic rings. The van der Waals surface area contributed by atoms with E-state index >= 15 is 4.39 Å². The number of hydrogen-bond donors (Lipinski definition) is 4. The van der Waals surface area contributed by atoms with E-state index in [1.807, 2.05) is 0 Å². The van der Waals surface area contributed by atoms with E-state index in [0.717, 1.165) is 0 Å². The molecule has 2 aliphatic carbocycles. The molecule has 0 saturated heterocycles. The lowest BCUT2D eigenvalue weighted by atomic mass is 9.69. The van der Waals surface area contributed by atoms with Crippen LogP contribution in [0, 0.1) is 0 Å². The lowest BCUT2D eigenvalue weighted by Gasteiger charge is -2.49. The third-order valence-corrected chi connectivity index (χ3v) is 5.39. The Morgan fingerprint density at radius 1 is 1.13 bits per heavy atom. The summed E-state index contributed by atoms with van der Waals surface area (Å²) < 4.78 is 47.2. The van der Waals surface area contributed by atoms with Gasteiger partial charge in [0.15, 0.2) is 6.10 Å². The van der Waals surface area contributed by atoms with Gasteiger partial charge in [-0.3, -0.25) is 9.59 Å². The smallest absolute Gasteiger partial charge is 0.408 e. The Bertz CT molecular complexity index is 681. The van der Waals surface area contributed by atoms with Gasteiger partial charge in [0, 0.05) is 19.3 Å². The molecular formula is C19H30F3N3O5. The van der Waals surface area contributed by atoms with Gasteiger partial charge in [-0.15, -0.1) is 0 Å². The van der Waals surface area contributed by atoms with E-state index in [2.05, 4.69) is 10.6 Å². The van der Waals surface area contributed by atoms with Crippen LogP contribution < -0.4 is 16.4 Å². The zero-order chi connectivity index (χ0) is 23.0. The van der Waals surface area contributed by atoms with Crippen LogP contribution in [0.3, 0.4) is 0 Å². The molecule has 8 nitrogen and oxygen atoms in total. The summed E-state index contributed by atoms with van der Waals surface area (Å²) in [5.41, 5.74) is 0.458. The van der Waals surface area contributed by atoms with Crippen molar-refractivity contribution < 1.29 is 37.4 Å². The largest absolute Gasteiger partial charge is 0.444 e. The Morgan fingerprint density at radius 2 is 1.67 bits per heavy atom. The van der Waals surface area contributed by atoms with Crippen molar-refractivity contribution in [1.82, 2.24) is 10.6 Å². The first-order valence-corrected chi connectivity index (χ1v) is 9.92. The molecule has 2 aliphatic rings. The van der Waals surface area contributed by atoms with Crippen molar-refractivity contribution in [3.8, 4) is 0 Å². The molecule has 0 bridgehead atoms. The van der Waals surface area contributed by atoms with Crippen molar-refractivity contribution in [2.75, 3.05) is 0 Å². The van der Waals surface area contributed by atoms with E-state index in [-0.39, 0.29) is 12.8 Å². The van der Waals surface area contributed by atoms with Crippen molar-refractivity contribution >= 4 is 17.9 Å². The van der Waals surface area contributed by atoms with Gasteiger partial charge in [-0.1, -0.05) is 12.8 Å². The first-order valence-electron chi connectivity index (χ1n) is 9.92. The van der Waals surface area contributed by atoms with E-state index in [4.69, 9.17) is 10.5 Å². The highest BCUT2D eigenvalue weighted by molar-refractivity contribution is 5.88. The SMILES string of the molecule is CC(C)(C)OC(=O)N[C@@H](CC1(F)CCCC1)C(=O)NC1([C@@H](O)C(N)=O)CC(F)(F)C1. The van der Waals surface area contributed by atoms with Gasteiger partial charge in [-0.25, -0.2) is 18.0 Å². The fourth-order valence-electron chi connectivity index (χ4n) is 4.06. The molecule has 172 valence electrons. The van der Waals surface area contributed by atoms with Crippen molar-refractivity contribution in [2.45, 2.75) is 101 Å². The van der Waals surface area contributed by atoms with E-state index in [1.165, 1.54) is 0 Å². The van der Waals surface area contributed by atoms with E-state index in [9.17, 15) is 28.3 Å². The molecule has 0 aromatic heterocycles. The minimum Gasteiger partial charge on any atom is -0.444 e. The molecule has 5 N–H and O–H groups in total. The number of primary amides is 1. The fourth-order valence-corrected chi connectivity index (χ4v) is 4.06. The number of amides is 3. The molecule has 0 radical (unpaired) electrons. The van der Waals surface area contributed by atoms with Crippen molar-refractivity contribution in [1.29, 1.82) is 0 Å². The third kappa shape index (κ3) is 5.99. The van der Waals surface area contributed by atoms with E-state index in [1.54, 1.807) is 20.8 Å². The average Bonchev–Trinajstić information content (AvgIpc) is 2.95. The highest BCUT2D eigenvalue weighted by atomic mass is 19.3. The predicted octanol–water partition coefficient (Wildman–Crippen LogP) is 1.68. The Kier molecular flexibility index (Phi) is 6.65. The van der Waals surface area contributed by atoms with Crippen LogP contribution in [0.5, 0.6) is 0 Å². The summed E-state index contributed by atoms with van der Waals surface area (Å²) in [5, 5.41) is 14.5. The Labute approximate surface area is 173 Å². The van der Waals surface area contributed by atoms with Crippen LogP contribution in [0.25, 0.3) is 0 Å². The normalized spacial score (nSPS) is 23.6. The molecule has 0 spiro atoms. The molecule has 2 rings (SSSR count). The summed E-state index contributed by atoms with van der Waals surface area (Å²) in [6.45, 7) is 4.80. The number of nitrogens with one attached hydrogen (secondary N) is 2. The number of halogens is 3.